The van der Waals surface area contributed by atoms with Crippen LogP contribution in [0, 0.1) is 5.92 Å². The first-order valence-corrected chi connectivity index (χ1v) is 10.4. The molecule has 1 fully saturated rings. The highest BCUT2D eigenvalue weighted by Crippen LogP contribution is 2.20. The molecule has 1 atom stereocenters. The summed E-state index contributed by atoms with van der Waals surface area (Å²) in [4.78, 5) is 43.1. The topological polar surface area (TPSA) is 101 Å². The number of amides is 3. The molecule has 2 aromatic rings. The Morgan fingerprint density at radius 3 is 2.90 bits per heavy atom. The Labute approximate surface area is 173 Å². The molecule has 0 aliphatic carbocycles. The molecule has 154 valence electrons. The SMILES string of the molecule is CCOc1ccccc1C(=O)NCC(=O)N1CCCC(C(=O)Nc2nccs2)C1. The smallest absolute Gasteiger partial charge is 0.255 e. The summed E-state index contributed by atoms with van der Waals surface area (Å²) in [6.45, 7) is 3.07. The number of thiazole rings is 1. The van der Waals surface area contributed by atoms with Gasteiger partial charge in [-0.25, -0.2) is 4.98 Å². The van der Waals surface area contributed by atoms with Crippen LogP contribution in [0.1, 0.15) is 30.1 Å². The molecule has 0 spiro atoms. The van der Waals surface area contributed by atoms with Gasteiger partial charge in [0, 0.05) is 24.7 Å². The van der Waals surface area contributed by atoms with Crippen molar-refractivity contribution in [3.8, 4) is 5.75 Å². The number of anilines is 1. The van der Waals surface area contributed by atoms with Crippen LogP contribution < -0.4 is 15.4 Å². The van der Waals surface area contributed by atoms with E-state index in [9.17, 15) is 14.4 Å². The number of nitrogens with one attached hydrogen (secondary N) is 2. The highest BCUT2D eigenvalue weighted by molar-refractivity contribution is 7.13. The molecule has 1 aromatic heterocycles. The lowest BCUT2D eigenvalue weighted by Gasteiger charge is -2.32. The second-order valence-electron chi connectivity index (χ2n) is 6.62. The molecule has 3 amide bonds. The van der Waals surface area contributed by atoms with Crippen LogP contribution in [0.3, 0.4) is 0 Å². The maximum absolute atomic E-state index is 12.6. The third-order valence-electron chi connectivity index (χ3n) is 4.64. The van der Waals surface area contributed by atoms with Crippen LogP contribution in [0.2, 0.25) is 0 Å². The number of benzene rings is 1. The highest BCUT2D eigenvalue weighted by atomic mass is 32.1. The number of likely N-dealkylation sites (tertiary alicyclic amines) is 1. The Balaban J connectivity index is 1.52. The molecule has 0 bridgehead atoms. The van der Waals surface area contributed by atoms with Gasteiger partial charge in [0.25, 0.3) is 5.91 Å². The van der Waals surface area contributed by atoms with Gasteiger partial charge in [0.2, 0.25) is 11.8 Å². The zero-order valence-electron chi connectivity index (χ0n) is 16.2. The van der Waals surface area contributed by atoms with E-state index in [-0.39, 0.29) is 30.2 Å². The van der Waals surface area contributed by atoms with Crippen molar-refractivity contribution in [2.75, 3.05) is 31.6 Å². The summed E-state index contributed by atoms with van der Waals surface area (Å²) in [5, 5.41) is 7.79. The largest absolute Gasteiger partial charge is 0.493 e. The molecule has 8 nitrogen and oxygen atoms in total. The molecule has 1 aliphatic heterocycles. The van der Waals surface area contributed by atoms with Crippen molar-refractivity contribution < 1.29 is 19.1 Å². The van der Waals surface area contributed by atoms with Crippen molar-refractivity contribution >= 4 is 34.2 Å². The monoisotopic (exact) mass is 416 g/mol. The summed E-state index contributed by atoms with van der Waals surface area (Å²) in [6, 6.07) is 6.91. The molecule has 1 aromatic carbocycles. The van der Waals surface area contributed by atoms with E-state index in [0.29, 0.717) is 36.1 Å². The van der Waals surface area contributed by atoms with Gasteiger partial charge in [-0.3, -0.25) is 14.4 Å². The van der Waals surface area contributed by atoms with Crippen molar-refractivity contribution in [3.05, 3.63) is 41.4 Å². The minimum atomic E-state index is -0.363. The second-order valence-corrected chi connectivity index (χ2v) is 7.51. The number of aromatic nitrogens is 1. The van der Waals surface area contributed by atoms with E-state index >= 15 is 0 Å². The Morgan fingerprint density at radius 2 is 2.14 bits per heavy atom. The molecule has 29 heavy (non-hydrogen) atoms. The van der Waals surface area contributed by atoms with E-state index < -0.39 is 0 Å². The van der Waals surface area contributed by atoms with Crippen molar-refractivity contribution in [1.82, 2.24) is 15.2 Å². The predicted octanol–water partition coefficient (Wildman–Crippen LogP) is 2.15. The minimum Gasteiger partial charge on any atom is -0.493 e. The standard InChI is InChI=1S/C20H24N4O4S/c1-2-28-16-8-4-3-7-15(16)19(27)22-12-17(25)24-10-5-6-14(13-24)18(26)23-20-21-9-11-29-20/h3-4,7-9,11,14H,2,5-6,10,12-13H2,1H3,(H,22,27)(H,21,23,26). The Kier molecular flexibility index (Phi) is 7.18. The molecule has 0 radical (unpaired) electrons. The molecule has 3 rings (SSSR count). The van der Waals surface area contributed by atoms with E-state index in [2.05, 4.69) is 15.6 Å². The fourth-order valence-corrected chi connectivity index (χ4v) is 3.74. The van der Waals surface area contributed by atoms with Gasteiger partial charge in [0.15, 0.2) is 5.13 Å². The summed E-state index contributed by atoms with van der Waals surface area (Å²) in [5.41, 5.74) is 0.390. The van der Waals surface area contributed by atoms with E-state index in [1.54, 1.807) is 40.7 Å². The quantitative estimate of drug-likeness (QED) is 0.720. The number of piperidine rings is 1. The minimum absolute atomic E-state index is 0.125. The van der Waals surface area contributed by atoms with Crippen molar-refractivity contribution in [3.63, 3.8) is 0 Å². The molecule has 1 aliphatic rings. The van der Waals surface area contributed by atoms with Gasteiger partial charge < -0.3 is 20.3 Å². The van der Waals surface area contributed by atoms with Crippen LogP contribution in [0.25, 0.3) is 0 Å². The van der Waals surface area contributed by atoms with Crippen LogP contribution in [0.15, 0.2) is 35.8 Å². The molecule has 2 heterocycles. The number of nitrogens with zero attached hydrogens (tertiary/aromatic N) is 2. The molecular formula is C20H24N4O4S. The number of para-hydroxylation sites is 1. The number of ether oxygens (including phenoxy) is 1. The van der Waals surface area contributed by atoms with Crippen LogP contribution in [0.4, 0.5) is 5.13 Å². The average molecular weight is 417 g/mol. The predicted molar refractivity (Wildman–Crippen MR) is 110 cm³/mol. The number of carbonyl (C=O) groups excluding carboxylic acids is 3. The number of carbonyl (C=O) groups is 3. The van der Waals surface area contributed by atoms with Crippen LogP contribution in [0.5, 0.6) is 5.75 Å². The summed E-state index contributed by atoms with van der Waals surface area (Å²) in [6.07, 6.45) is 3.08. The maximum Gasteiger partial charge on any atom is 0.255 e. The highest BCUT2D eigenvalue weighted by Gasteiger charge is 2.29. The molecule has 9 heteroatoms. The first-order chi connectivity index (χ1) is 14.1. The molecule has 1 saturated heterocycles. The van der Waals surface area contributed by atoms with E-state index in [1.165, 1.54) is 11.3 Å². The van der Waals surface area contributed by atoms with E-state index in [4.69, 9.17) is 4.74 Å². The van der Waals surface area contributed by atoms with Gasteiger partial charge in [0.05, 0.1) is 24.6 Å². The normalized spacial score (nSPS) is 16.2. The lowest BCUT2D eigenvalue weighted by molar-refractivity contribution is -0.133. The number of rotatable bonds is 7. The number of hydrogen-bond acceptors (Lipinski definition) is 6. The molecule has 1 unspecified atom stereocenters. The third-order valence-corrected chi connectivity index (χ3v) is 5.33. The summed E-state index contributed by atoms with van der Waals surface area (Å²) in [5.74, 6) is -0.508. The fraction of sp³-hybridized carbons (Fsp3) is 0.400. The van der Waals surface area contributed by atoms with Gasteiger partial charge in [0.1, 0.15) is 5.75 Å². The summed E-state index contributed by atoms with van der Waals surface area (Å²) < 4.78 is 5.46. The van der Waals surface area contributed by atoms with Crippen molar-refractivity contribution in [2.24, 2.45) is 5.92 Å². The maximum atomic E-state index is 12.6. The van der Waals surface area contributed by atoms with Crippen molar-refractivity contribution in [2.45, 2.75) is 19.8 Å². The second kappa shape index (κ2) is 10.0. The Morgan fingerprint density at radius 1 is 1.31 bits per heavy atom. The third kappa shape index (κ3) is 5.54. The van der Waals surface area contributed by atoms with Gasteiger partial charge in [-0.2, -0.15) is 0 Å². The van der Waals surface area contributed by atoms with Crippen LogP contribution in [-0.2, 0) is 9.59 Å². The fourth-order valence-electron chi connectivity index (χ4n) is 3.21. The lowest BCUT2D eigenvalue weighted by Crippen LogP contribution is -2.47. The van der Waals surface area contributed by atoms with Gasteiger partial charge in [-0.05, 0) is 31.9 Å². The van der Waals surface area contributed by atoms with Crippen molar-refractivity contribution in [1.29, 1.82) is 0 Å². The Bertz CT molecular complexity index is 856. The van der Waals surface area contributed by atoms with Gasteiger partial charge in [-0.15, -0.1) is 11.3 Å². The summed E-state index contributed by atoms with van der Waals surface area (Å²) >= 11 is 1.35. The van der Waals surface area contributed by atoms with Gasteiger partial charge >= 0.3 is 0 Å². The molecule has 0 saturated carbocycles. The Hall–Kier alpha value is -2.94. The zero-order valence-corrected chi connectivity index (χ0v) is 17.0. The van der Waals surface area contributed by atoms with Gasteiger partial charge in [-0.1, -0.05) is 12.1 Å². The van der Waals surface area contributed by atoms with Crippen LogP contribution in [-0.4, -0.2) is 53.8 Å². The van der Waals surface area contributed by atoms with Crippen LogP contribution >= 0.6 is 11.3 Å². The molecular weight excluding hydrogens is 392 g/mol. The first-order valence-electron chi connectivity index (χ1n) is 9.56. The molecule has 2 N–H and O–H groups in total. The average Bonchev–Trinajstić information content (AvgIpc) is 3.25. The summed E-state index contributed by atoms with van der Waals surface area (Å²) in [7, 11) is 0. The lowest BCUT2D eigenvalue weighted by atomic mass is 9.97. The number of hydrogen-bond donors (Lipinski definition) is 2. The van der Waals surface area contributed by atoms with E-state index in [0.717, 1.165) is 12.8 Å². The van der Waals surface area contributed by atoms with E-state index in [1.807, 2.05) is 6.92 Å². The first kappa shape index (κ1) is 20.8. The zero-order chi connectivity index (χ0) is 20.6.